The Morgan fingerprint density at radius 1 is 1.26 bits per heavy atom. The largest absolute Gasteiger partial charge is 0.374 e. The van der Waals surface area contributed by atoms with Gasteiger partial charge in [-0.3, -0.25) is 0 Å². The van der Waals surface area contributed by atoms with Crippen LogP contribution in [0.2, 0.25) is 0 Å². The molecule has 2 bridgehead atoms. The molecular formula is C26H30N8O. The molecule has 0 saturated carbocycles. The van der Waals surface area contributed by atoms with Crippen LogP contribution in [0.15, 0.2) is 30.5 Å². The van der Waals surface area contributed by atoms with Gasteiger partial charge in [0.1, 0.15) is 5.82 Å². The summed E-state index contributed by atoms with van der Waals surface area (Å²) in [6.45, 7) is 7.33. The van der Waals surface area contributed by atoms with Crippen LogP contribution in [0.5, 0.6) is 0 Å². The smallest absolute Gasteiger partial charge is 0.160 e. The summed E-state index contributed by atoms with van der Waals surface area (Å²) in [6.07, 6.45) is 4.23. The van der Waals surface area contributed by atoms with E-state index in [2.05, 4.69) is 50.4 Å². The van der Waals surface area contributed by atoms with Crippen molar-refractivity contribution in [1.82, 2.24) is 15.2 Å². The molecule has 6 rings (SSSR count). The third kappa shape index (κ3) is 3.83. The van der Waals surface area contributed by atoms with Gasteiger partial charge in [0.15, 0.2) is 11.6 Å². The first-order valence-electron chi connectivity index (χ1n) is 12.3. The Balaban J connectivity index is 1.41. The van der Waals surface area contributed by atoms with Crippen LogP contribution in [0.4, 0.5) is 17.5 Å². The molecule has 3 aliphatic heterocycles. The van der Waals surface area contributed by atoms with Gasteiger partial charge in [-0.25, -0.2) is 4.98 Å². The second-order valence-electron chi connectivity index (χ2n) is 9.95. The number of fused-ring (bicyclic) bond motifs is 3. The van der Waals surface area contributed by atoms with Gasteiger partial charge in [0.05, 0.1) is 36.4 Å². The van der Waals surface area contributed by atoms with Crippen molar-refractivity contribution in [3.63, 3.8) is 0 Å². The fourth-order valence-electron chi connectivity index (χ4n) is 5.71. The van der Waals surface area contributed by atoms with Crippen molar-refractivity contribution < 1.29 is 4.74 Å². The summed E-state index contributed by atoms with van der Waals surface area (Å²) in [4.78, 5) is 9.42. The highest BCUT2D eigenvalue weighted by Crippen LogP contribution is 2.37. The molecule has 0 radical (unpaired) electrons. The molecule has 180 valence electrons. The van der Waals surface area contributed by atoms with Crippen LogP contribution in [0.25, 0.3) is 10.8 Å². The number of nitriles is 1. The number of nitrogens with two attached hydrogens (primary N) is 1. The minimum Gasteiger partial charge on any atom is -0.374 e. The van der Waals surface area contributed by atoms with Gasteiger partial charge in [0.2, 0.25) is 0 Å². The van der Waals surface area contributed by atoms with Gasteiger partial charge in [-0.15, -0.1) is 10.2 Å². The second-order valence-corrected chi connectivity index (χ2v) is 9.95. The van der Waals surface area contributed by atoms with Crippen molar-refractivity contribution in [1.29, 1.82) is 5.26 Å². The summed E-state index contributed by atoms with van der Waals surface area (Å²) in [5, 5.41) is 24.3. The average Bonchev–Trinajstić information content (AvgIpc) is 3.61. The van der Waals surface area contributed by atoms with Crippen LogP contribution in [-0.2, 0) is 4.74 Å². The molecule has 35 heavy (non-hydrogen) atoms. The molecule has 4 atom stereocenters. The number of aromatic nitrogens is 3. The number of morpholine rings is 1. The monoisotopic (exact) mass is 470 g/mol. The van der Waals surface area contributed by atoms with E-state index < -0.39 is 0 Å². The standard InChI is InChI=1S/C26H30N8O/c1-15-17(10-27)4-3-5-21(15)16(2)30-25-22-9-24(34-13-20-8-19(34)14-35-20)29-11-23(22)26(32-31-25)33-7-6-18(28)12-33/h3-5,9,11,16,18-20H,6-8,12-14,28H2,1-2H3,(H,30,31)/t16-,18-,19-,20-/m1/s1. The lowest BCUT2D eigenvalue weighted by molar-refractivity contribution is 0.0989. The van der Waals surface area contributed by atoms with E-state index in [1.54, 1.807) is 0 Å². The zero-order valence-electron chi connectivity index (χ0n) is 20.1. The molecular weight excluding hydrogens is 440 g/mol. The van der Waals surface area contributed by atoms with E-state index in [1.165, 1.54) is 0 Å². The molecule has 0 unspecified atom stereocenters. The van der Waals surface area contributed by atoms with Crippen LogP contribution >= 0.6 is 0 Å². The average molecular weight is 471 g/mol. The maximum atomic E-state index is 9.46. The molecule has 2 aromatic heterocycles. The number of benzene rings is 1. The zero-order chi connectivity index (χ0) is 24.1. The van der Waals surface area contributed by atoms with Gasteiger partial charge in [-0.1, -0.05) is 12.1 Å². The van der Waals surface area contributed by atoms with E-state index in [9.17, 15) is 5.26 Å². The fraction of sp³-hybridized carbons (Fsp3) is 0.462. The van der Waals surface area contributed by atoms with Gasteiger partial charge in [0.25, 0.3) is 0 Å². The molecule has 1 aromatic carbocycles. The van der Waals surface area contributed by atoms with Crippen LogP contribution in [0, 0.1) is 18.3 Å². The molecule has 5 heterocycles. The zero-order valence-corrected chi connectivity index (χ0v) is 20.1. The van der Waals surface area contributed by atoms with Crippen molar-refractivity contribution in [2.45, 2.75) is 50.9 Å². The first kappa shape index (κ1) is 22.0. The summed E-state index contributed by atoms with van der Waals surface area (Å²) >= 11 is 0. The van der Waals surface area contributed by atoms with E-state index in [1.807, 2.05) is 25.3 Å². The number of hydrogen-bond donors (Lipinski definition) is 2. The molecule has 3 aromatic rings. The van der Waals surface area contributed by atoms with Gasteiger partial charge in [-0.05, 0) is 49.9 Å². The molecule has 3 N–H and O–H groups in total. The predicted octanol–water partition coefficient (Wildman–Crippen LogP) is 2.89. The number of hydrogen-bond acceptors (Lipinski definition) is 9. The third-order valence-corrected chi connectivity index (χ3v) is 7.67. The molecule has 9 heteroatoms. The van der Waals surface area contributed by atoms with Crippen LogP contribution < -0.4 is 20.9 Å². The first-order valence-corrected chi connectivity index (χ1v) is 12.3. The maximum absolute atomic E-state index is 9.46. The highest BCUT2D eigenvalue weighted by Gasteiger charge is 2.39. The summed E-state index contributed by atoms with van der Waals surface area (Å²) < 4.78 is 5.80. The lowest BCUT2D eigenvalue weighted by Crippen LogP contribution is -2.37. The van der Waals surface area contributed by atoms with Crippen LogP contribution in [0.3, 0.4) is 0 Å². The van der Waals surface area contributed by atoms with Crippen LogP contribution in [0.1, 0.15) is 42.5 Å². The Kier molecular flexibility index (Phi) is 5.43. The van der Waals surface area contributed by atoms with Gasteiger partial charge in [-0.2, -0.15) is 5.26 Å². The molecule has 9 nitrogen and oxygen atoms in total. The number of nitrogens with one attached hydrogen (secondary N) is 1. The first-order chi connectivity index (χ1) is 17.0. The SMILES string of the molecule is Cc1c(C#N)cccc1[C@@H](C)Nc1nnc(N2CC[C@@H](N)C2)c2cnc(N3C[C@H]4C[C@@H]3CO4)cc12. The molecule has 3 fully saturated rings. The molecule has 3 aliphatic rings. The Labute approximate surface area is 204 Å². The topological polar surface area (TPSA) is 116 Å². The molecule has 0 aliphatic carbocycles. The molecule has 0 amide bonds. The van der Waals surface area contributed by atoms with E-state index in [0.29, 0.717) is 23.5 Å². The summed E-state index contributed by atoms with van der Waals surface area (Å²) in [7, 11) is 0. The lowest BCUT2D eigenvalue weighted by atomic mass is 9.98. The van der Waals surface area contributed by atoms with E-state index in [4.69, 9.17) is 15.5 Å². The van der Waals surface area contributed by atoms with Crippen LogP contribution in [-0.4, -0.2) is 59.6 Å². The van der Waals surface area contributed by atoms with Gasteiger partial charge >= 0.3 is 0 Å². The highest BCUT2D eigenvalue weighted by atomic mass is 16.5. The molecule has 3 saturated heterocycles. The number of nitrogens with zero attached hydrogens (tertiary/aromatic N) is 6. The Morgan fingerprint density at radius 3 is 2.86 bits per heavy atom. The summed E-state index contributed by atoms with van der Waals surface area (Å²) in [6, 6.07) is 10.7. The highest BCUT2D eigenvalue weighted by molar-refractivity contribution is 5.99. The number of ether oxygens (including phenoxy) is 1. The normalized spacial score (nSPS) is 24.2. The Bertz CT molecular complexity index is 1320. The quantitative estimate of drug-likeness (QED) is 0.580. The predicted molar refractivity (Wildman–Crippen MR) is 136 cm³/mol. The van der Waals surface area contributed by atoms with Crippen molar-refractivity contribution in [2.24, 2.45) is 5.73 Å². The van der Waals surface area contributed by atoms with Gasteiger partial charge in [0, 0.05) is 42.6 Å². The van der Waals surface area contributed by atoms with Crippen molar-refractivity contribution in [3.05, 3.63) is 47.2 Å². The van der Waals surface area contributed by atoms with E-state index in [0.717, 1.165) is 72.6 Å². The number of pyridine rings is 1. The number of anilines is 3. The summed E-state index contributed by atoms with van der Waals surface area (Å²) in [5.74, 6) is 2.49. The number of rotatable bonds is 5. The maximum Gasteiger partial charge on any atom is 0.160 e. The summed E-state index contributed by atoms with van der Waals surface area (Å²) in [5.41, 5.74) is 8.92. The lowest BCUT2D eigenvalue weighted by Gasteiger charge is -2.28. The Morgan fingerprint density at radius 2 is 2.14 bits per heavy atom. The fourth-order valence-corrected chi connectivity index (χ4v) is 5.71. The van der Waals surface area contributed by atoms with Crippen molar-refractivity contribution >= 4 is 28.2 Å². The van der Waals surface area contributed by atoms with Crippen molar-refractivity contribution in [3.8, 4) is 6.07 Å². The minimum atomic E-state index is -0.0559. The van der Waals surface area contributed by atoms with Crippen molar-refractivity contribution in [2.75, 3.05) is 41.4 Å². The van der Waals surface area contributed by atoms with E-state index >= 15 is 0 Å². The minimum absolute atomic E-state index is 0.0559. The van der Waals surface area contributed by atoms with E-state index in [-0.39, 0.29) is 12.1 Å². The van der Waals surface area contributed by atoms with Gasteiger partial charge < -0.3 is 25.6 Å². The second kappa shape index (κ2) is 8.63. The third-order valence-electron chi connectivity index (χ3n) is 7.67. The Hall–Kier alpha value is -3.48. The molecule has 0 spiro atoms.